The van der Waals surface area contributed by atoms with E-state index in [0.717, 1.165) is 0 Å². The molecule has 7 nitrogen and oxygen atoms in total. The van der Waals surface area contributed by atoms with Crippen LogP contribution in [0.5, 0.6) is 0 Å². The predicted octanol–water partition coefficient (Wildman–Crippen LogP) is 3.89. The van der Waals surface area contributed by atoms with Gasteiger partial charge in [-0.15, -0.1) is 0 Å². The number of nitrogens with zero attached hydrogens (tertiary/aromatic N) is 4. The Bertz CT molecular complexity index is 1150. The van der Waals surface area contributed by atoms with Gasteiger partial charge < -0.3 is 4.98 Å². The van der Waals surface area contributed by atoms with Crippen molar-refractivity contribution >= 4 is 22.5 Å². The zero-order valence-corrected chi connectivity index (χ0v) is 13.4. The van der Waals surface area contributed by atoms with E-state index in [1.165, 1.54) is 6.20 Å². The summed E-state index contributed by atoms with van der Waals surface area (Å²) < 4.78 is 38.5. The van der Waals surface area contributed by atoms with Crippen LogP contribution in [0.4, 0.5) is 13.2 Å². The number of benzene rings is 1. The standard InChI is InChI=1S/C15H7ClF3N7/c16-9-2-1-7-10(6-4-21-22-5-6)12(23-11(7)8(9)3-20)13-24-14(26-25-13)15(17,18)19/h1-2,4-5,23H,(H,21,22)(H,24,25,26). The third kappa shape index (κ3) is 2.41. The summed E-state index contributed by atoms with van der Waals surface area (Å²) in [6.45, 7) is 0. The largest absolute Gasteiger partial charge is 0.451 e. The molecule has 0 radical (unpaired) electrons. The van der Waals surface area contributed by atoms with Gasteiger partial charge in [-0.25, -0.2) is 4.98 Å². The molecule has 0 aliphatic heterocycles. The molecular weight excluding hydrogens is 371 g/mol. The van der Waals surface area contributed by atoms with Gasteiger partial charge in [-0.05, 0) is 6.07 Å². The maximum absolute atomic E-state index is 12.8. The van der Waals surface area contributed by atoms with E-state index >= 15 is 0 Å². The molecule has 0 bridgehead atoms. The second kappa shape index (κ2) is 5.60. The van der Waals surface area contributed by atoms with Gasteiger partial charge in [0.05, 0.1) is 28.0 Å². The molecule has 0 spiro atoms. The molecule has 0 saturated heterocycles. The van der Waals surface area contributed by atoms with Gasteiger partial charge in [0.1, 0.15) is 6.07 Å². The van der Waals surface area contributed by atoms with Crippen molar-refractivity contribution in [3.8, 4) is 28.7 Å². The first-order chi connectivity index (χ1) is 12.4. The van der Waals surface area contributed by atoms with Crippen molar-refractivity contribution in [2.75, 3.05) is 0 Å². The van der Waals surface area contributed by atoms with Crippen molar-refractivity contribution in [1.29, 1.82) is 5.26 Å². The monoisotopic (exact) mass is 377 g/mol. The van der Waals surface area contributed by atoms with Crippen LogP contribution in [-0.4, -0.2) is 30.4 Å². The highest BCUT2D eigenvalue weighted by atomic mass is 35.5. The number of aromatic amines is 3. The number of nitrogens with one attached hydrogen (secondary N) is 3. The topological polar surface area (TPSA) is 110 Å². The molecule has 0 unspecified atom stereocenters. The van der Waals surface area contributed by atoms with Crippen LogP contribution in [-0.2, 0) is 6.18 Å². The Morgan fingerprint density at radius 2 is 2.04 bits per heavy atom. The highest BCUT2D eigenvalue weighted by Crippen LogP contribution is 2.40. The van der Waals surface area contributed by atoms with E-state index in [0.29, 0.717) is 22.0 Å². The lowest BCUT2D eigenvalue weighted by atomic mass is 10.0. The number of fused-ring (bicyclic) bond motifs is 1. The van der Waals surface area contributed by atoms with E-state index in [-0.39, 0.29) is 22.1 Å². The first-order valence-electron chi connectivity index (χ1n) is 7.13. The first-order valence-corrected chi connectivity index (χ1v) is 7.51. The van der Waals surface area contributed by atoms with Gasteiger partial charge in [-0.1, -0.05) is 17.7 Å². The number of nitriles is 1. The zero-order valence-electron chi connectivity index (χ0n) is 12.6. The summed E-state index contributed by atoms with van der Waals surface area (Å²) in [6, 6.07) is 5.20. The Morgan fingerprint density at radius 1 is 1.23 bits per heavy atom. The maximum atomic E-state index is 12.8. The van der Waals surface area contributed by atoms with Gasteiger partial charge in [-0.2, -0.15) is 28.6 Å². The van der Waals surface area contributed by atoms with Crippen molar-refractivity contribution in [2.45, 2.75) is 6.18 Å². The summed E-state index contributed by atoms with van der Waals surface area (Å²) in [5.41, 5.74) is 1.87. The molecular formula is C15H7ClF3N7. The predicted molar refractivity (Wildman–Crippen MR) is 86.0 cm³/mol. The van der Waals surface area contributed by atoms with Crippen LogP contribution in [0.3, 0.4) is 0 Å². The maximum Gasteiger partial charge on any atom is 0.451 e. The number of halogens is 4. The minimum Gasteiger partial charge on any atom is -0.350 e. The summed E-state index contributed by atoms with van der Waals surface area (Å²) in [7, 11) is 0. The molecule has 1 aromatic carbocycles. The van der Waals surface area contributed by atoms with Gasteiger partial charge in [0.15, 0.2) is 5.82 Å². The van der Waals surface area contributed by atoms with Crippen LogP contribution in [0.1, 0.15) is 11.4 Å². The lowest BCUT2D eigenvalue weighted by Gasteiger charge is -2.00. The lowest BCUT2D eigenvalue weighted by molar-refractivity contribution is -0.144. The third-order valence-electron chi connectivity index (χ3n) is 3.80. The molecule has 26 heavy (non-hydrogen) atoms. The SMILES string of the molecule is N#Cc1c(Cl)ccc2c(-c3cn[nH]c3)c(-c3n[nH]c(C(F)(F)F)n3)[nH]c12. The Balaban J connectivity index is 2.04. The van der Waals surface area contributed by atoms with Crippen LogP contribution in [0.2, 0.25) is 5.02 Å². The van der Waals surface area contributed by atoms with Crippen molar-refractivity contribution < 1.29 is 13.2 Å². The van der Waals surface area contributed by atoms with Gasteiger partial charge in [0.25, 0.3) is 0 Å². The second-order valence-corrected chi connectivity index (χ2v) is 5.73. The Labute approximate surface area is 147 Å². The lowest BCUT2D eigenvalue weighted by Crippen LogP contribution is -2.07. The summed E-state index contributed by atoms with van der Waals surface area (Å²) in [6.07, 6.45) is -1.58. The van der Waals surface area contributed by atoms with E-state index < -0.39 is 12.0 Å². The van der Waals surface area contributed by atoms with E-state index in [2.05, 4.69) is 25.3 Å². The first kappa shape index (κ1) is 16.2. The summed E-state index contributed by atoms with van der Waals surface area (Å²) in [5, 5.41) is 22.2. The number of rotatable bonds is 2. The molecule has 0 aliphatic carbocycles. The third-order valence-corrected chi connectivity index (χ3v) is 4.12. The highest BCUT2D eigenvalue weighted by molar-refractivity contribution is 6.33. The van der Waals surface area contributed by atoms with E-state index in [9.17, 15) is 18.4 Å². The molecule has 0 atom stereocenters. The summed E-state index contributed by atoms with van der Waals surface area (Å²) >= 11 is 6.05. The van der Waals surface area contributed by atoms with Crippen LogP contribution in [0, 0.1) is 11.3 Å². The van der Waals surface area contributed by atoms with E-state index in [4.69, 9.17) is 11.6 Å². The van der Waals surface area contributed by atoms with Crippen LogP contribution >= 0.6 is 11.6 Å². The fraction of sp³-hybridized carbons (Fsp3) is 0.0667. The summed E-state index contributed by atoms with van der Waals surface area (Å²) in [5.74, 6) is -1.41. The highest BCUT2D eigenvalue weighted by Gasteiger charge is 2.36. The Morgan fingerprint density at radius 3 is 2.65 bits per heavy atom. The van der Waals surface area contributed by atoms with Crippen molar-refractivity contribution in [3.05, 3.63) is 40.9 Å². The molecule has 4 aromatic rings. The van der Waals surface area contributed by atoms with Crippen LogP contribution in [0.15, 0.2) is 24.5 Å². The Hall–Kier alpha value is -3.32. The van der Waals surface area contributed by atoms with Crippen LogP contribution < -0.4 is 0 Å². The van der Waals surface area contributed by atoms with Gasteiger partial charge in [-0.3, -0.25) is 10.2 Å². The van der Waals surface area contributed by atoms with E-state index in [1.807, 2.05) is 11.2 Å². The van der Waals surface area contributed by atoms with Gasteiger partial charge in [0.2, 0.25) is 5.82 Å². The fourth-order valence-electron chi connectivity index (χ4n) is 2.70. The molecule has 3 N–H and O–H groups in total. The fourth-order valence-corrected chi connectivity index (χ4v) is 2.90. The number of hydrogen-bond donors (Lipinski definition) is 3. The average molecular weight is 378 g/mol. The number of alkyl halides is 3. The van der Waals surface area contributed by atoms with Crippen molar-refractivity contribution in [3.63, 3.8) is 0 Å². The molecule has 11 heteroatoms. The normalized spacial score (nSPS) is 11.8. The quantitative estimate of drug-likeness (QED) is 0.492. The van der Waals surface area contributed by atoms with Gasteiger partial charge in [0, 0.05) is 22.7 Å². The molecule has 3 heterocycles. The van der Waals surface area contributed by atoms with Gasteiger partial charge >= 0.3 is 6.18 Å². The molecule has 4 rings (SSSR count). The molecule has 3 aromatic heterocycles. The van der Waals surface area contributed by atoms with Crippen molar-refractivity contribution in [1.82, 2.24) is 30.4 Å². The molecule has 130 valence electrons. The Kier molecular flexibility index (Phi) is 3.48. The minimum atomic E-state index is -4.66. The zero-order chi connectivity index (χ0) is 18.5. The van der Waals surface area contributed by atoms with Crippen molar-refractivity contribution in [2.24, 2.45) is 0 Å². The number of H-pyrrole nitrogens is 3. The van der Waals surface area contributed by atoms with E-state index in [1.54, 1.807) is 18.3 Å². The molecule has 0 aliphatic rings. The smallest absolute Gasteiger partial charge is 0.350 e. The number of aromatic nitrogens is 6. The summed E-state index contributed by atoms with van der Waals surface area (Å²) in [4.78, 5) is 6.46. The second-order valence-electron chi connectivity index (χ2n) is 5.32. The molecule has 0 saturated carbocycles. The molecule has 0 amide bonds. The minimum absolute atomic E-state index is 0.173. The average Bonchev–Trinajstić information content (AvgIpc) is 3.31. The van der Waals surface area contributed by atoms with Crippen LogP contribution in [0.25, 0.3) is 33.5 Å². The molecule has 0 fully saturated rings. The number of hydrogen-bond acceptors (Lipinski definition) is 4.